The maximum absolute atomic E-state index is 12.9. The van der Waals surface area contributed by atoms with Gasteiger partial charge in [-0.3, -0.25) is 4.79 Å². The average Bonchev–Trinajstić information content (AvgIpc) is 2.99. The van der Waals surface area contributed by atoms with Gasteiger partial charge in [-0.15, -0.1) is 0 Å². The highest BCUT2D eigenvalue weighted by atomic mass is 16.5. The summed E-state index contributed by atoms with van der Waals surface area (Å²) < 4.78 is 5.36. The van der Waals surface area contributed by atoms with Gasteiger partial charge in [-0.25, -0.2) is 0 Å². The topological polar surface area (TPSA) is 45.3 Å². The molecule has 1 amide bonds. The van der Waals surface area contributed by atoms with Gasteiger partial charge in [0.1, 0.15) is 5.75 Å². The van der Waals surface area contributed by atoms with Crippen molar-refractivity contribution >= 4 is 16.8 Å². The Balaban J connectivity index is 1.83. The molecule has 0 radical (unpaired) electrons. The van der Waals surface area contributed by atoms with Gasteiger partial charge < -0.3 is 14.6 Å². The van der Waals surface area contributed by atoms with E-state index in [1.54, 1.807) is 7.11 Å². The molecule has 1 aromatic carbocycles. The zero-order chi connectivity index (χ0) is 17.1. The van der Waals surface area contributed by atoms with Crippen LogP contribution in [0.15, 0.2) is 18.2 Å². The van der Waals surface area contributed by atoms with Crippen LogP contribution in [0.25, 0.3) is 10.9 Å². The van der Waals surface area contributed by atoms with E-state index in [1.807, 2.05) is 6.07 Å². The molecule has 1 atom stereocenters. The van der Waals surface area contributed by atoms with E-state index >= 15 is 0 Å². The first kappa shape index (κ1) is 16.9. The summed E-state index contributed by atoms with van der Waals surface area (Å²) in [5.74, 6) is 1.36. The smallest absolute Gasteiger partial charge is 0.225 e. The second-order valence-electron chi connectivity index (χ2n) is 6.75. The third-order valence-corrected chi connectivity index (χ3v) is 5.24. The van der Waals surface area contributed by atoms with Crippen molar-refractivity contribution in [2.24, 2.45) is 5.92 Å². The molecule has 0 aliphatic carbocycles. The van der Waals surface area contributed by atoms with Gasteiger partial charge in [0.2, 0.25) is 5.91 Å². The highest BCUT2D eigenvalue weighted by Crippen LogP contribution is 2.31. The summed E-state index contributed by atoms with van der Waals surface area (Å²) in [5.41, 5.74) is 3.66. The number of unbranched alkanes of at least 4 members (excludes halogenated alkanes) is 1. The van der Waals surface area contributed by atoms with Gasteiger partial charge in [0.25, 0.3) is 0 Å². The van der Waals surface area contributed by atoms with Crippen molar-refractivity contribution in [2.75, 3.05) is 13.7 Å². The molecule has 0 saturated heterocycles. The normalized spacial score (nSPS) is 15.4. The van der Waals surface area contributed by atoms with Gasteiger partial charge in [-0.2, -0.15) is 0 Å². The summed E-state index contributed by atoms with van der Waals surface area (Å²) >= 11 is 0. The summed E-state index contributed by atoms with van der Waals surface area (Å²) in [4.78, 5) is 18.5. The third-order valence-electron chi connectivity index (χ3n) is 5.24. The Morgan fingerprint density at radius 1 is 1.38 bits per heavy atom. The lowest BCUT2D eigenvalue weighted by Gasteiger charge is -2.30. The van der Waals surface area contributed by atoms with E-state index in [4.69, 9.17) is 4.74 Å². The van der Waals surface area contributed by atoms with Gasteiger partial charge in [-0.05, 0) is 31.0 Å². The Hall–Kier alpha value is -1.97. The molecule has 1 aliphatic heterocycles. The number of fused-ring (bicyclic) bond motifs is 3. The molecule has 24 heavy (non-hydrogen) atoms. The lowest BCUT2D eigenvalue weighted by molar-refractivity contribution is -0.136. The van der Waals surface area contributed by atoms with E-state index in [0.717, 1.165) is 49.9 Å². The summed E-state index contributed by atoms with van der Waals surface area (Å²) in [7, 11) is 1.69. The third kappa shape index (κ3) is 3.14. The standard InChI is InChI=1S/C20H28N2O2/c1-4-6-7-14(5-2)20(23)22-11-10-19-17(13-22)16-12-15(24-3)8-9-18(16)21-19/h8-9,12,14,21H,4-7,10-11,13H2,1-3H3. The fourth-order valence-corrected chi connectivity index (χ4v) is 3.72. The number of aromatic amines is 1. The van der Waals surface area contributed by atoms with Crippen LogP contribution < -0.4 is 4.74 Å². The predicted octanol–water partition coefficient (Wildman–Crippen LogP) is 4.28. The number of ether oxygens (including phenoxy) is 1. The first-order valence-corrected chi connectivity index (χ1v) is 9.14. The lowest BCUT2D eigenvalue weighted by Crippen LogP contribution is -2.39. The molecule has 2 heterocycles. The molecule has 1 unspecified atom stereocenters. The molecule has 1 aliphatic rings. The van der Waals surface area contributed by atoms with E-state index in [9.17, 15) is 4.79 Å². The molecular formula is C20H28N2O2. The lowest BCUT2D eigenvalue weighted by atomic mass is 9.96. The Morgan fingerprint density at radius 2 is 2.21 bits per heavy atom. The van der Waals surface area contributed by atoms with Crippen molar-refractivity contribution in [2.45, 2.75) is 52.5 Å². The first-order valence-electron chi connectivity index (χ1n) is 9.14. The Kier molecular flexibility index (Phi) is 5.12. The van der Waals surface area contributed by atoms with Gasteiger partial charge in [-0.1, -0.05) is 26.7 Å². The predicted molar refractivity (Wildman–Crippen MR) is 97.3 cm³/mol. The van der Waals surface area contributed by atoms with Crippen molar-refractivity contribution in [3.63, 3.8) is 0 Å². The highest BCUT2D eigenvalue weighted by Gasteiger charge is 2.28. The minimum absolute atomic E-state index is 0.172. The second kappa shape index (κ2) is 7.29. The molecule has 1 aromatic heterocycles. The number of aromatic nitrogens is 1. The minimum Gasteiger partial charge on any atom is -0.497 e. The van der Waals surface area contributed by atoms with Crippen LogP contribution in [-0.2, 0) is 17.8 Å². The van der Waals surface area contributed by atoms with Crippen molar-refractivity contribution in [1.82, 2.24) is 9.88 Å². The second-order valence-corrected chi connectivity index (χ2v) is 6.75. The fourth-order valence-electron chi connectivity index (χ4n) is 3.72. The summed E-state index contributed by atoms with van der Waals surface area (Å²) in [6.07, 6.45) is 5.13. The number of nitrogens with one attached hydrogen (secondary N) is 1. The van der Waals surface area contributed by atoms with Gasteiger partial charge >= 0.3 is 0 Å². The van der Waals surface area contributed by atoms with E-state index in [2.05, 4.69) is 35.9 Å². The van der Waals surface area contributed by atoms with Crippen LogP contribution in [0.5, 0.6) is 5.75 Å². The number of benzene rings is 1. The van der Waals surface area contributed by atoms with Gasteiger partial charge in [0.05, 0.1) is 7.11 Å². The number of carbonyl (C=O) groups excluding carboxylic acids is 1. The molecule has 4 heteroatoms. The number of hydrogen-bond acceptors (Lipinski definition) is 2. The van der Waals surface area contributed by atoms with Crippen LogP contribution in [0.3, 0.4) is 0 Å². The number of rotatable bonds is 6. The zero-order valence-electron chi connectivity index (χ0n) is 15.0. The van der Waals surface area contributed by atoms with E-state index in [0.29, 0.717) is 12.5 Å². The zero-order valence-corrected chi connectivity index (χ0v) is 15.0. The van der Waals surface area contributed by atoms with Crippen LogP contribution in [0.4, 0.5) is 0 Å². The number of hydrogen-bond donors (Lipinski definition) is 1. The summed E-state index contributed by atoms with van der Waals surface area (Å²) in [6.45, 7) is 5.84. The largest absolute Gasteiger partial charge is 0.497 e. The van der Waals surface area contributed by atoms with Crippen LogP contribution in [-0.4, -0.2) is 29.4 Å². The maximum atomic E-state index is 12.9. The molecule has 3 rings (SSSR count). The van der Waals surface area contributed by atoms with Crippen molar-refractivity contribution < 1.29 is 9.53 Å². The molecule has 0 fully saturated rings. The Bertz CT molecular complexity index is 720. The van der Waals surface area contributed by atoms with E-state index < -0.39 is 0 Å². The van der Waals surface area contributed by atoms with Crippen LogP contribution >= 0.6 is 0 Å². The van der Waals surface area contributed by atoms with Crippen molar-refractivity contribution in [3.05, 3.63) is 29.5 Å². The molecule has 0 spiro atoms. The van der Waals surface area contributed by atoms with Crippen molar-refractivity contribution in [3.8, 4) is 5.75 Å². The molecule has 2 aromatic rings. The van der Waals surface area contributed by atoms with E-state index in [1.165, 1.54) is 16.6 Å². The number of amides is 1. The summed E-state index contributed by atoms with van der Waals surface area (Å²) in [6, 6.07) is 6.12. The number of carbonyl (C=O) groups is 1. The number of nitrogens with zero attached hydrogens (tertiary/aromatic N) is 1. The van der Waals surface area contributed by atoms with Crippen LogP contribution in [0.1, 0.15) is 50.8 Å². The number of H-pyrrole nitrogens is 1. The quantitative estimate of drug-likeness (QED) is 0.860. The fraction of sp³-hybridized carbons (Fsp3) is 0.550. The molecule has 1 N–H and O–H groups in total. The monoisotopic (exact) mass is 328 g/mol. The molecule has 0 bridgehead atoms. The average molecular weight is 328 g/mol. The molecule has 4 nitrogen and oxygen atoms in total. The van der Waals surface area contributed by atoms with Gasteiger partial charge in [0, 0.05) is 47.6 Å². The van der Waals surface area contributed by atoms with Gasteiger partial charge in [0.15, 0.2) is 0 Å². The van der Waals surface area contributed by atoms with Crippen molar-refractivity contribution in [1.29, 1.82) is 0 Å². The molecular weight excluding hydrogens is 300 g/mol. The van der Waals surface area contributed by atoms with Crippen LogP contribution in [0, 0.1) is 5.92 Å². The Labute approximate surface area is 144 Å². The highest BCUT2D eigenvalue weighted by molar-refractivity contribution is 5.87. The Morgan fingerprint density at radius 3 is 2.92 bits per heavy atom. The molecule has 0 saturated carbocycles. The van der Waals surface area contributed by atoms with Crippen LogP contribution in [0.2, 0.25) is 0 Å². The SMILES string of the molecule is CCCCC(CC)C(=O)N1CCc2[nH]c3ccc(OC)cc3c2C1. The minimum atomic E-state index is 0.172. The molecule has 130 valence electrons. The maximum Gasteiger partial charge on any atom is 0.225 e. The first-order chi connectivity index (χ1) is 11.7. The number of methoxy groups -OCH3 is 1. The summed E-state index contributed by atoms with van der Waals surface area (Å²) in [5, 5.41) is 1.18. The van der Waals surface area contributed by atoms with E-state index in [-0.39, 0.29) is 5.92 Å².